The van der Waals surface area contributed by atoms with E-state index < -0.39 is 0 Å². The van der Waals surface area contributed by atoms with E-state index in [1.807, 2.05) is 0 Å². The number of nitrogens with zero attached hydrogens (tertiary/aromatic N) is 4. The third kappa shape index (κ3) is 773. The molecule has 0 saturated heterocycles. The Bertz CT molecular complexity index is 36.1. The van der Waals surface area contributed by atoms with Crippen molar-refractivity contribution in [3.05, 3.63) is 42.0 Å². The van der Waals surface area contributed by atoms with Crippen LogP contribution in [0.3, 0.4) is 0 Å². The minimum Gasteiger partial charge on any atom is -1.00 e. The fourth-order valence-electron chi connectivity index (χ4n) is 0. The fourth-order valence-corrected chi connectivity index (χ4v) is 0. The normalized spacial score (nSPS) is 1.45. The molecule has 0 aliphatic heterocycles. The maximum absolute atomic E-state index is 7.25. The molecule has 0 unspecified atom stereocenters. The van der Waals surface area contributed by atoms with Crippen LogP contribution in [0, 0.1) is 19.6 Å². The Morgan fingerprint density at radius 1 is 0.545 bits per heavy atom. The Labute approximate surface area is 124 Å². The Hall–Kier alpha value is 1.09. The van der Waals surface area contributed by atoms with Gasteiger partial charge in [0.25, 0.3) is 0 Å². The van der Waals surface area contributed by atoms with Crippen molar-refractivity contribution in [2.24, 2.45) is 0 Å². The first-order valence-electron chi connectivity index (χ1n) is 0.730. The Balaban J connectivity index is -0.00000000208. The zero-order valence-electron chi connectivity index (χ0n) is 7.74. The van der Waals surface area contributed by atoms with E-state index in [2.05, 4.69) is 0 Å². The summed E-state index contributed by atoms with van der Waals surface area (Å²) >= 11 is 0. The number of hydrogen-bond donors (Lipinski definition) is 0. The summed E-state index contributed by atoms with van der Waals surface area (Å²) < 4.78 is 0. The molecule has 0 saturated carbocycles. The predicted octanol–water partition coefficient (Wildman–Crippen LogP) is -4.48. The molecule has 0 N–H and O–H groups in total. The maximum atomic E-state index is 7.25. The van der Waals surface area contributed by atoms with Gasteiger partial charge in [0, 0.05) is 0 Å². The van der Waals surface area contributed by atoms with Crippen LogP contribution in [0.25, 0.3) is 22.4 Å². The quantitative estimate of drug-likeness (QED) is 0.398. The second-order valence-electron chi connectivity index (χ2n) is 0. The molecule has 0 aliphatic carbocycles. The maximum Gasteiger partial charge on any atom is 4.00 e. The third-order valence-corrected chi connectivity index (χ3v) is 0. The summed E-state index contributed by atoms with van der Waals surface area (Å²) in [6, 6.07) is 0. The van der Waals surface area contributed by atoms with Crippen LogP contribution in [0.5, 0.6) is 0 Å². The van der Waals surface area contributed by atoms with Crippen molar-refractivity contribution in [2.75, 3.05) is 0 Å². The molecule has 0 radical (unpaired) electrons. The molecule has 11 heavy (non-hydrogen) atoms. The molecule has 0 aromatic heterocycles. The van der Waals surface area contributed by atoms with E-state index in [9.17, 15) is 0 Å². The molecule has 0 heterocycles. The minimum absolute atomic E-state index is 0. The number of hydrogen-bond acceptors (Lipinski definition) is 4. The van der Waals surface area contributed by atoms with Gasteiger partial charge in [-0.05, 0) is 0 Å². The summed E-state index contributed by atoms with van der Waals surface area (Å²) in [6.45, 7) is 0. The smallest absolute Gasteiger partial charge is 1.00 e. The molecule has 0 amide bonds. The average molecular weight is 363 g/mol. The van der Waals surface area contributed by atoms with Gasteiger partial charge in [-0.3, -0.25) is 0 Å². The van der Waals surface area contributed by atoms with E-state index >= 15 is 0 Å². The van der Waals surface area contributed by atoms with Crippen LogP contribution in [-0.2, 0) is 21.1 Å². The summed E-state index contributed by atoms with van der Waals surface area (Å²) in [6.07, 6.45) is 0. The van der Waals surface area contributed by atoms with Gasteiger partial charge in [-0.2, -0.15) is 0 Å². The van der Waals surface area contributed by atoms with E-state index in [-0.39, 0.29) is 83.0 Å². The van der Waals surface area contributed by atoms with E-state index in [4.69, 9.17) is 42.0 Å². The van der Waals surface area contributed by atoms with Crippen molar-refractivity contribution >= 4 is 0 Å². The van der Waals surface area contributed by atoms with E-state index in [0.29, 0.717) is 0 Å². The molecular weight excluding hydrogens is 361 g/mol. The molecule has 11 heteroatoms. The molecule has 8 nitrogen and oxygen atoms in total. The summed E-state index contributed by atoms with van der Waals surface area (Å²) in [5.74, 6) is 0. The zero-order chi connectivity index (χ0) is 8.00. The predicted molar refractivity (Wildman–Crippen MR) is 29.1 cm³/mol. The molecule has 0 fully saturated rings. The van der Waals surface area contributed by atoms with Gasteiger partial charge in [0.15, 0.2) is 0 Å². The van der Waals surface area contributed by atoms with Gasteiger partial charge in [0.1, 0.15) is 0 Å². The van der Waals surface area contributed by atoms with Gasteiger partial charge >= 0.3 is 80.2 Å². The van der Waals surface area contributed by atoms with E-state index in [1.165, 1.54) is 0 Å². The zero-order valence-corrected chi connectivity index (χ0v) is 12.0. The van der Waals surface area contributed by atoms with Gasteiger partial charge in [0.05, 0.1) is 0 Å². The fraction of sp³-hybridized carbons (Fsp3) is 0. The summed E-state index contributed by atoms with van der Waals surface area (Å²) in [7, 11) is 0. The molecular formula is H2N4Na2O4Pt. The van der Waals surface area contributed by atoms with Gasteiger partial charge in [-0.15, -0.1) is 0 Å². The molecule has 0 bridgehead atoms. The largest absolute Gasteiger partial charge is 4.00 e. The Kier molecular flexibility index (Phi) is 4970. The Morgan fingerprint density at radius 2 is 0.545 bits per heavy atom. The topological polar surface area (TPSA) is 157 Å². The standard InChI is InChI=1S/4NO.2Na.Pt.2H/c4*1-2;;;;;/q4*-1;2*+1;+4;2*-1. The monoisotopic (exact) mass is 363 g/mol. The average Bonchev–Trinajstić information content (AvgIpc) is 2.03. The first-order chi connectivity index (χ1) is 4.00. The van der Waals surface area contributed by atoms with Crippen LogP contribution in [-0.4, -0.2) is 0 Å². The van der Waals surface area contributed by atoms with Crippen molar-refractivity contribution in [1.29, 1.82) is 0 Å². The van der Waals surface area contributed by atoms with Crippen molar-refractivity contribution in [1.82, 2.24) is 0 Å². The molecule has 0 aliphatic rings. The molecule has 58 valence electrons. The SMILES string of the molecule is [H-].[H-].[N-]=O.[N-]=O.[N-]=O.[N-]=O.[Na+].[Na+].[Pt+4]. The van der Waals surface area contributed by atoms with Crippen LogP contribution < -0.4 is 59.1 Å². The number of nitroso groups, excluding NO2 is 4. The van der Waals surface area contributed by atoms with E-state index in [0.717, 1.165) is 0 Å². The second kappa shape index (κ2) is 953. The first-order valence-corrected chi connectivity index (χ1v) is 0.730. The van der Waals surface area contributed by atoms with Gasteiger partial charge in [-0.1, -0.05) is 0 Å². The molecule has 0 atom stereocenters. The molecule has 0 rings (SSSR count). The van der Waals surface area contributed by atoms with Crippen molar-refractivity contribution < 1.29 is 83.0 Å². The Morgan fingerprint density at radius 3 is 0.545 bits per heavy atom. The van der Waals surface area contributed by atoms with Crippen LogP contribution in [0.4, 0.5) is 0 Å². The third-order valence-electron chi connectivity index (χ3n) is 0. The van der Waals surface area contributed by atoms with Gasteiger partial charge in [0.2, 0.25) is 0 Å². The summed E-state index contributed by atoms with van der Waals surface area (Å²) in [5.41, 5.74) is 23.0. The number of rotatable bonds is 0. The van der Waals surface area contributed by atoms with Crippen LogP contribution in [0.2, 0.25) is 0 Å². The molecule has 0 aromatic carbocycles. The minimum atomic E-state index is 0. The van der Waals surface area contributed by atoms with Crippen LogP contribution >= 0.6 is 0 Å². The summed E-state index contributed by atoms with van der Waals surface area (Å²) in [4.78, 5) is 29.0. The van der Waals surface area contributed by atoms with Crippen molar-refractivity contribution in [2.45, 2.75) is 0 Å². The molecule has 0 aromatic rings. The second-order valence-corrected chi connectivity index (χ2v) is 0. The summed E-state index contributed by atoms with van der Waals surface area (Å²) in [5, 5.41) is 0. The van der Waals surface area contributed by atoms with Crippen LogP contribution in [0.15, 0.2) is 0 Å². The van der Waals surface area contributed by atoms with Crippen LogP contribution in [0.1, 0.15) is 2.85 Å². The molecule has 0 spiro atoms. The van der Waals surface area contributed by atoms with Crippen molar-refractivity contribution in [3.63, 3.8) is 0 Å². The first kappa shape index (κ1) is 57.4. The van der Waals surface area contributed by atoms with Gasteiger partial charge < -0.3 is 44.9 Å². The van der Waals surface area contributed by atoms with E-state index in [1.54, 1.807) is 0 Å². The van der Waals surface area contributed by atoms with Crippen molar-refractivity contribution in [3.8, 4) is 0 Å². The van der Waals surface area contributed by atoms with Gasteiger partial charge in [-0.25, -0.2) is 0 Å².